The zero-order valence-electron chi connectivity index (χ0n) is 20.1. The number of esters is 1. The van der Waals surface area contributed by atoms with Gasteiger partial charge in [-0.05, 0) is 60.9 Å². The maximum atomic E-state index is 13.6. The third-order valence-electron chi connectivity index (χ3n) is 6.56. The molecule has 0 bridgehead atoms. The molecule has 0 spiro atoms. The molecule has 0 unspecified atom stereocenters. The predicted molar refractivity (Wildman–Crippen MR) is 132 cm³/mol. The molecule has 1 N–H and O–H groups in total. The number of hydrogen-bond acceptors (Lipinski definition) is 7. The van der Waals surface area contributed by atoms with Crippen LogP contribution in [-0.2, 0) is 14.3 Å². The van der Waals surface area contributed by atoms with E-state index >= 15 is 0 Å². The van der Waals surface area contributed by atoms with Crippen LogP contribution >= 0.6 is 11.8 Å². The van der Waals surface area contributed by atoms with Gasteiger partial charge in [0.2, 0.25) is 0 Å². The van der Waals surface area contributed by atoms with E-state index in [-0.39, 0.29) is 11.7 Å². The van der Waals surface area contributed by atoms with E-state index in [1.54, 1.807) is 26.0 Å². The number of benzene rings is 2. The van der Waals surface area contributed by atoms with Gasteiger partial charge in [0.05, 0.1) is 26.9 Å². The lowest BCUT2D eigenvalue weighted by atomic mass is 9.71. The first kappa shape index (κ1) is 24.0. The van der Waals surface area contributed by atoms with Gasteiger partial charge >= 0.3 is 5.97 Å². The summed E-state index contributed by atoms with van der Waals surface area (Å²) in [6, 6.07) is 13.8. The Morgan fingerprint density at radius 2 is 1.65 bits per heavy atom. The van der Waals surface area contributed by atoms with Crippen LogP contribution in [0.15, 0.2) is 69.9 Å². The lowest BCUT2D eigenvalue weighted by Crippen LogP contribution is -2.36. The molecular weight excluding hydrogens is 450 g/mol. The number of allylic oxidation sites excluding steroid dienone is 3. The minimum absolute atomic E-state index is 0.00875. The van der Waals surface area contributed by atoms with E-state index in [1.165, 1.54) is 7.11 Å². The summed E-state index contributed by atoms with van der Waals surface area (Å²) in [6.45, 7) is 1.86. The number of ether oxygens (including phenoxy) is 3. The van der Waals surface area contributed by atoms with Crippen LogP contribution in [0.2, 0.25) is 0 Å². The van der Waals surface area contributed by atoms with Crippen LogP contribution in [0.25, 0.3) is 0 Å². The molecule has 2 aromatic rings. The largest absolute Gasteiger partial charge is 0.493 e. The highest BCUT2D eigenvalue weighted by atomic mass is 32.2. The molecule has 178 valence electrons. The van der Waals surface area contributed by atoms with Crippen LogP contribution < -0.4 is 14.8 Å². The van der Waals surface area contributed by atoms with Crippen LogP contribution in [0.5, 0.6) is 11.5 Å². The first-order valence-corrected chi connectivity index (χ1v) is 12.3. The normalized spacial score (nSPS) is 20.0. The van der Waals surface area contributed by atoms with Gasteiger partial charge in [0.1, 0.15) is 0 Å². The van der Waals surface area contributed by atoms with Crippen molar-refractivity contribution in [3.8, 4) is 11.5 Å². The van der Waals surface area contributed by atoms with E-state index in [1.807, 2.05) is 55.6 Å². The first-order chi connectivity index (χ1) is 16.4. The molecule has 0 aromatic heterocycles. The SMILES string of the molecule is COC(=O)C1=C(C)NC2=C(C(=O)C[C@@H](c3ccc(OC)c(OC)c3)C2)[C@@H]1c1ccc(SC)cc1. The molecule has 0 fully saturated rings. The van der Waals surface area contributed by atoms with Crippen LogP contribution in [-0.4, -0.2) is 39.3 Å². The number of dihydropyridines is 1. The second-order valence-electron chi connectivity index (χ2n) is 8.40. The second-order valence-corrected chi connectivity index (χ2v) is 9.28. The number of methoxy groups -OCH3 is 3. The number of hydrogen-bond donors (Lipinski definition) is 1. The Morgan fingerprint density at radius 3 is 2.26 bits per heavy atom. The highest BCUT2D eigenvalue weighted by Gasteiger charge is 2.41. The lowest BCUT2D eigenvalue weighted by Gasteiger charge is -2.36. The van der Waals surface area contributed by atoms with Gasteiger partial charge in [0, 0.05) is 34.2 Å². The quantitative estimate of drug-likeness (QED) is 0.464. The molecule has 1 aliphatic carbocycles. The predicted octanol–water partition coefficient (Wildman–Crippen LogP) is 4.96. The molecule has 4 rings (SSSR count). The summed E-state index contributed by atoms with van der Waals surface area (Å²) in [7, 11) is 4.58. The van der Waals surface area contributed by atoms with Crippen molar-refractivity contribution >= 4 is 23.5 Å². The lowest BCUT2D eigenvalue weighted by molar-refractivity contribution is -0.136. The maximum Gasteiger partial charge on any atom is 0.336 e. The van der Waals surface area contributed by atoms with Gasteiger partial charge in [-0.25, -0.2) is 4.79 Å². The molecule has 0 saturated carbocycles. The molecule has 2 aromatic carbocycles. The summed E-state index contributed by atoms with van der Waals surface area (Å²) in [4.78, 5) is 27.5. The molecule has 1 heterocycles. The Hall–Kier alpha value is -3.19. The van der Waals surface area contributed by atoms with Gasteiger partial charge in [0.25, 0.3) is 0 Å². The number of nitrogens with one attached hydrogen (secondary N) is 1. The summed E-state index contributed by atoms with van der Waals surface area (Å²) < 4.78 is 15.9. The molecule has 0 radical (unpaired) electrons. The van der Waals surface area contributed by atoms with Gasteiger partial charge in [-0.15, -0.1) is 11.8 Å². The molecule has 1 aliphatic heterocycles. The van der Waals surface area contributed by atoms with E-state index < -0.39 is 11.9 Å². The number of ketones is 1. The average molecular weight is 480 g/mol. The van der Waals surface area contributed by atoms with Crippen molar-refractivity contribution in [1.29, 1.82) is 0 Å². The first-order valence-electron chi connectivity index (χ1n) is 11.1. The maximum absolute atomic E-state index is 13.6. The summed E-state index contributed by atoms with van der Waals surface area (Å²) in [5.41, 5.74) is 4.63. The molecule has 2 aliphatic rings. The van der Waals surface area contributed by atoms with Gasteiger partial charge < -0.3 is 19.5 Å². The Bertz CT molecular complexity index is 1180. The zero-order chi connectivity index (χ0) is 24.4. The highest BCUT2D eigenvalue weighted by Crippen LogP contribution is 2.46. The monoisotopic (exact) mass is 479 g/mol. The van der Waals surface area contributed by atoms with Crippen molar-refractivity contribution in [3.63, 3.8) is 0 Å². The molecule has 0 saturated heterocycles. The Labute approximate surface area is 204 Å². The van der Waals surface area contributed by atoms with E-state index in [4.69, 9.17) is 14.2 Å². The van der Waals surface area contributed by atoms with E-state index in [0.717, 1.165) is 21.7 Å². The number of rotatable bonds is 6. The number of Topliss-reactive ketones (excluding diaryl/α,β-unsaturated/α-hetero) is 1. The fraction of sp³-hybridized carbons (Fsp3) is 0.333. The van der Waals surface area contributed by atoms with E-state index in [2.05, 4.69) is 5.32 Å². The van der Waals surface area contributed by atoms with Crippen molar-refractivity contribution in [2.24, 2.45) is 0 Å². The fourth-order valence-corrected chi connectivity index (χ4v) is 5.30. The second kappa shape index (κ2) is 9.97. The summed E-state index contributed by atoms with van der Waals surface area (Å²) >= 11 is 1.65. The van der Waals surface area contributed by atoms with Gasteiger partial charge in [0.15, 0.2) is 17.3 Å². The molecule has 7 heteroatoms. The minimum Gasteiger partial charge on any atom is -0.493 e. The zero-order valence-corrected chi connectivity index (χ0v) is 20.9. The Morgan fingerprint density at radius 1 is 0.971 bits per heavy atom. The summed E-state index contributed by atoms with van der Waals surface area (Å²) in [5, 5.41) is 3.36. The molecular formula is C27H29NO5S. The Balaban J connectivity index is 1.77. The topological polar surface area (TPSA) is 73.9 Å². The van der Waals surface area contributed by atoms with Crippen molar-refractivity contribution in [3.05, 3.63) is 76.1 Å². The number of carbonyl (C=O) groups is 2. The van der Waals surface area contributed by atoms with Crippen LogP contribution in [0.4, 0.5) is 0 Å². The van der Waals surface area contributed by atoms with Crippen LogP contribution in [0, 0.1) is 0 Å². The average Bonchev–Trinajstić information content (AvgIpc) is 2.86. The Kier molecular flexibility index (Phi) is 7.03. The summed E-state index contributed by atoms with van der Waals surface area (Å²) in [5.74, 6) is 0.426. The van der Waals surface area contributed by atoms with Crippen molar-refractivity contribution in [2.45, 2.75) is 36.5 Å². The number of thioether (sulfide) groups is 1. The van der Waals surface area contributed by atoms with Gasteiger partial charge in [-0.1, -0.05) is 18.2 Å². The van der Waals surface area contributed by atoms with Gasteiger partial charge in [-0.2, -0.15) is 0 Å². The van der Waals surface area contributed by atoms with Crippen LogP contribution in [0.1, 0.15) is 42.7 Å². The fourth-order valence-electron chi connectivity index (χ4n) is 4.89. The third kappa shape index (κ3) is 4.32. The molecule has 2 atom stereocenters. The molecule has 6 nitrogen and oxygen atoms in total. The highest BCUT2D eigenvalue weighted by molar-refractivity contribution is 7.98. The number of carbonyl (C=O) groups excluding carboxylic acids is 2. The molecule has 34 heavy (non-hydrogen) atoms. The van der Waals surface area contributed by atoms with Crippen molar-refractivity contribution < 1.29 is 23.8 Å². The van der Waals surface area contributed by atoms with Crippen LogP contribution in [0.3, 0.4) is 0 Å². The van der Waals surface area contributed by atoms with E-state index in [0.29, 0.717) is 41.2 Å². The van der Waals surface area contributed by atoms with Crippen molar-refractivity contribution in [2.75, 3.05) is 27.6 Å². The minimum atomic E-state index is -0.460. The summed E-state index contributed by atoms with van der Waals surface area (Å²) in [6.07, 6.45) is 3.02. The van der Waals surface area contributed by atoms with Gasteiger partial charge in [-0.3, -0.25) is 4.79 Å². The van der Waals surface area contributed by atoms with E-state index in [9.17, 15) is 9.59 Å². The molecule has 0 amide bonds. The smallest absolute Gasteiger partial charge is 0.336 e. The third-order valence-corrected chi connectivity index (χ3v) is 7.30. The van der Waals surface area contributed by atoms with Crippen molar-refractivity contribution in [1.82, 2.24) is 5.32 Å². The standard InChI is InChI=1S/C27H29NO5S/c1-15-24(27(30)33-4)25(16-6-9-19(34-5)10-7-16)26-20(28-15)12-18(13-21(26)29)17-8-11-22(31-2)23(14-17)32-3/h6-11,14,18,25,28H,12-13H2,1-5H3/t18-,25+/m0/s1.